The maximum absolute atomic E-state index is 11.7. The molecule has 5 heteroatoms. The fourth-order valence-corrected chi connectivity index (χ4v) is 1.36. The summed E-state index contributed by atoms with van der Waals surface area (Å²) in [6, 6.07) is 10.7. The Morgan fingerprint density at radius 1 is 1.22 bits per heavy atom. The number of rotatable bonds is 4. The zero-order valence-corrected chi connectivity index (χ0v) is 10.3. The van der Waals surface area contributed by atoms with Crippen LogP contribution in [0.1, 0.15) is 5.56 Å². The highest BCUT2D eigenvalue weighted by Gasteiger charge is 2.08. The van der Waals surface area contributed by atoms with Gasteiger partial charge in [0.1, 0.15) is 13.1 Å². The molecule has 0 spiro atoms. The Morgan fingerprint density at radius 3 is 2.28 bits per heavy atom. The summed E-state index contributed by atoms with van der Waals surface area (Å²) in [6.07, 6.45) is 2.94. The summed E-state index contributed by atoms with van der Waals surface area (Å²) < 4.78 is 0. The molecule has 0 bridgehead atoms. The van der Waals surface area contributed by atoms with Crippen LogP contribution in [0, 0.1) is 22.7 Å². The molecule has 0 aliphatic rings. The molecular weight excluding hydrogens is 250 g/mol. The summed E-state index contributed by atoms with van der Waals surface area (Å²) in [5, 5.41) is 17.7. The molecule has 1 aromatic carbocycles. The largest absolute Gasteiger partial charge is 0.313 e. The molecule has 4 nitrogen and oxygen atoms in total. The zero-order chi connectivity index (χ0) is 13.4. The lowest BCUT2D eigenvalue weighted by Crippen LogP contribution is -2.30. The average Bonchev–Trinajstić information content (AvgIpc) is 2.37. The Labute approximate surface area is 110 Å². The molecule has 0 heterocycles. The average molecular weight is 260 g/mol. The Kier molecular flexibility index (Phi) is 5.44. The van der Waals surface area contributed by atoms with Gasteiger partial charge in [-0.3, -0.25) is 4.79 Å². The topological polar surface area (TPSA) is 67.9 Å². The highest BCUT2D eigenvalue weighted by atomic mass is 35.5. The predicted octanol–water partition coefficient (Wildman–Crippen LogP) is 2.23. The Balaban J connectivity index is 2.71. The Morgan fingerprint density at radius 2 is 1.78 bits per heavy atom. The molecule has 0 saturated carbocycles. The van der Waals surface area contributed by atoms with Crippen LogP contribution in [0.4, 0.5) is 0 Å². The quantitative estimate of drug-likeness (QED) is 0.615. The lowest BCUT2D eigenvalue weighted by Gasteiger charge is -2.12. The van der Waals surface area contributed by atoms with Crippen molar-refractivity contribution in [3.63, 3.8) is 0 Å². The molecule has 0 unspecified atom stereocenters. The molecule has 0 aliphatic heterocycles. The fourth-order valence-electron chi connectivity index (χ4n) is 1.23. The van der Waals surface area contributed by atoms with Crippen LogP contribution in [0.15, 0.2) is 30.3 Å². The molecule has 0 fully saturated rings. The first-order valence-electron chi connectivity index (χ1n) is 5.14. The van der Waals surface area contributed by atoms with Crippen molar-refractivity contribution in [3.05, 3.63) is 40.9 Å². The van der Waals surface area contributed by atoms with Crippen molar-refractivity contribution in [3.8, 4) is 12.1 Å². The van der Waals surface area contributed by atoms with Gasteiger partial charge < -0.3 is 4.90 Å². The second kappa shape index (κ2) is 7.11. The lowest BCUT2D eigenvalue weighted by atomic mass is 10.2. The van der Waals surface area contributed by atoms with Gasteiger partial charge in [0.25, 0.3) is 0 Å². The summed E-state index contributed by atoms with van der Waals surface area (Å²) >= 11 is 5.74. The van der Waals surface area contributed by atoms with Gasteiger partial charge in [-0.15, -0.1) is 0 Å². The third-order valence-corrected chi connectivity index (χ3v) is 2.38. The van der Waals surface area contributed by atoms with Gasteiger partial charge in [-0.1, -0.05) is 23.7 Å². The second-order valence-electron chi connectivity index (χ2n) is 3.40. The van der Waals surface area contributed by atoms with E-state index in [1.54, 1.807) is 30.3 Å². The highest BCUT2D eigenvalue weighted by molar-refractivity contribution is 6.30. The van der Waals surface area contributed by atoms with E-state index in [2.05, 4.69) is 0 Å². The molecule has 1 amide bonds. The molecule has 0 atom stereocenters. The van der Waals surface area contributed by atoms with Crippen molar-refractivity contribution < 1.29 is 4.79 Å². The number of benzene rings is 1. The van der Waals surface area contributed by atoms with Crippen LogP contribution in [-0.2, 0) is 4.79 Å². The van der Waals surface area contributed by atoms with Crippen molar-refractivity contribution >= 4 is 23.6 Å². The van der Waals surface area contributed by atoms with Crippen LogP contribution >= 0.6 is 11.6 Å². The number of nitrogens with zero attached hydrogens (tertiary/aromatic N) is 3. The minimum absolute atomic E-state index is 0.0999. The van der Waals surface area contributed by atoms with Crippen molar-refractivity contribution in [2.24, 2.45) is 0 Å². The monoisotopic (exact) mass is 259 g/mol. The Bertz CT molecular complexity index is 507. The van der Waals surface area contributed by atoms with E-state index in [-0.39, 0.29) is 19.0 Å². The summed E-state index contributed by atoms with van der Waals surface area (Å²) in [5.74, 6) is -0.368. The maximum atomic E-state index is 11.7. The van der Waals surface area contributed by atoms with Crippen molar-refractivity contribution in [1.29, 1.82) is 10.5 Å². The number of halogens is 1. The van der Waals surface area contributed by atoms with E-state index in [1.807, 2.05) is 12.1 Å². The molecule has 0 N–H and O–H groups in total. The van der Waals surface area contributed by atoms with Crippen LogP contribution in [0.3, 0.4) is 0 Å². The van der Waals surface area contributed by atoms with E-state index in [4.69, 9.17) is 22.1 Å². The van der Waals surface area contributed by atoms with Gasteiger partial charge in [-0.05, 0) is 23.8 Å². The van der Waals surface area contributed by atoms with E-state index in [1.165, 1.54) is 6.08 Å². The number of hydrogen-bond donors (Lipinski definition) is 0. The third-order valence-electron chi connectivity index (χ3n) is 2.12. The molecule has 0 saturated heterocycles. The van der Waals surface area contributed by atoms with Gasteiger partial charge in [0.2, 0.25) is 5.91 Å². The van der Waals surface area contributed by atoms with Crippen LogP contribution in [0.25, 0.3) is 6.08 Å². The molecular formula is C13H10ClN3O. The van der Waals surface area contributed by atoms with E-state index >= 15 is 0 Å². The number of carbonyl (C=O) groups is 1. The minimum atomic E-state index is -0.368. The van der Waals surface area contributed by atoms with E-state index in [0.29, 0.717) is 5.02 Å². The number of hydrogen-bond acceptors (Lipinski definition) is 3. The van der Waals surface area contributed by atoms with Crippen LogP contribution in [0.5, 0.6) is 0 Å². The first-order valence-corrected chi connectivity index (χ1v) is 5.51. The van der Waals surface area contributed by atoms with Crippen molar-refractivity contribution in [2.45, 2.75) is 0 Å². The van der Waals surface area contributed by atoms with Gasteiger partial charge in [0.15, 0.2) is 0 Å². The molecule has 0 radical (unpaired) electrons. The van der Waals surface area contributed by atoms with Crippen LogP contribution < -0.4 is 0 Å². The molecule has 0 aromatic heterocycles. The predicted molar refractivity (Wildman–Crippen MR) is 68.3 cm³/mol. The van der Waals surface area contributed by atoms with Gasteiger partial charge >= 0.3 is 0 Å². The van der Waals surface area contributed by atoms with Crippen molar-refractivity contribution in [2.75, 3.05) is 13.1 Å². The Hall–Kier alpha value is -2.30. The third kappa shape index (κ3) is 4.29. The second-order valence-corrected chi connectivity index (χ2v) is 3.83. The first-order chi connectivity index (χ1) is 8.67. The smallest absolute Gasteiger partial charge is 0.248 e. The number of carbonyl (C=O) groups excluding carboxylic acids is 1. The molecule has 90 valence electrons. The standard InChI is InChI=1S/C13H10ClN3O/c14-12-4-1-11(2-5-12)3-6-13(18)17(9-7-15)10-8-16/h1-6H,9-10H2. The van der Waals surface area contributed by atoms with Gasteiger partial charge in [-0.2, -0.15) is 10.5 Å². The van der Waals surface area contributed by atoms with E-state index in [9.17, 15) is 4.79 Å². The van der Waals surface area contributed by atoms with Crippen LogP contribution in [0.2, 0.25) is 5.02 Å². The molecule has 1 aromatic rings. The fraction of sp³-hybridized carbons (Fsp3) is 0.154. The lowest BCUT2D eigenvalue weighted by molar-refractivity contribution is -0.124. The minimum Gasteiger partial charge on any atom is -0.313 e. The maximum Gasteiger partial charge on any atom is 0.248 e. The first kappa shape index (κ1) is 13.8. The molecule has 1 rings (SSSR count). The van der Waals surface area contributed by atoms with Gasteiger partial charge in [-0.25, -0.2) is 0 Å². The summed E-state index contributed by atoms with van der Waals surface area (Å²) in [7, 11) is 0. The van der Waals surface area contributed by atoms with Gasteiger partial charge in [0, 0.05) is 11.1 Å². The van der Waals surface area contributed by atoms with Crippen LogP contribution in [-0.4, -0.2) is 23.9 Å². The van der Waals surface area contributed by atoms with E-state index in [0.717, 1.165) is 10.5 Å². The van der Waals surface area contributed by atoms with E-state index < -0.39 is 0 Å². The highest BCUT2D eigenvalue weighted by Crippen LogP contribution is 2.10. The molecule has 18 heavy (non-hydrogen) atoms. The number of nitriles is 2. The van der Waals surface area contributed by atoms with Crippen molar-refractivity contribution in [1.82, 2.24) is 4.90 Å². The molecule has 0 aliphatic carbocycles. The summed E-state index contributed by atoms with van der Waals surface area (Å²) in [4.78, 5) is 12.8. The van der Waals surface area contributed by atoms with Gasteiger partial charge in [0.05, 0.1) is 12.1 Å². The zero-order valence-electron chi connectivity index (χ0n) is 9.51. The summed E-state index contributed by atoms with van der Waals surface area (Å²) in [5.41, 5.74) is 0.821. The summed E-state index contributed by atoms with van der Waals surface area (Å²) in [6.45, 7) is -0.200. The number of amides is 1. The SMILES string of the molecule is N#CCN(CC#N)C(=O)C=Cc1ccc(Cl)cc1. The normalized spacial score (nSPS) is 9.72.